The van der Waals surface area contributed by atoms with Gasteiger partial charge in [0.25, 0.3) is 0 Å². The van der Waals surface area contributed by atoms with Crippen molar-refractivity contribution >= 4 is 17.6 Å². The van der Waals surface area contributed by atoms with Crippen molar-refractivity contribution in [3.8, 4) is 0 Å². The fourth-order valence-corrected chi connectivity index (χ4v) is 3.43. The van der Waals surface area contributed by atoms with E-state index in [1.807, 2.05) is 6.08 Å². The van der Waals surface area contributed by atoms with Crippen molar-refractivity contribution in [3.05, 3.63) is 24.3 Å². The van der Waals surface area contributed by atoms with E-state index in [9.17, 15) is 4.79 Å². The lowest BCUT2D eigenvalue weighted by Gasteiger charge is -2.37. The van der Waals surface area contributed by atoms with Crippen molar-refractivity contribution < 1.29 is 19.0 Å². The summed E-state index contributed by atoms with van der Waals surface area (Å²) in [6, 6.07) is 0. The molecule has 1 saturated heterocycles. The van der Waals surface area contributed by atoms with Crippen LogP contribution in [0.3, 0.4) is 0 Å². The van der Waals surface area contributed by atoms with E-state index in [1.54, 1.807) is 0 Å². The van der Waals surface area contributed by atoms with Crippen molar-refractivity contribution in [2.45, 2.75) is 45.0 Å². The summed E-state index contributed by atoms with van der Waals surface area (Å²) in [5.74, 6) is 1.34. The average molecular weight is 329 g/mol. The van der Waals surface area contributed by atoms with Crippen LogP contribution >= 0.6 is 11.6 Å². The number of rotatable bonds is 6. The fraction of sp³-hybridized carbons (Fsp3) is 0.706. The Labute approximate surface area is 137 Å². The number of hydrogen-bond acceptors (Lipinski definition) is 4. The molecule has 124 valence electrons. The summed E-state index contributed by atoms with van der Waals surface area (Å²) in [4.78, 5) is 11.3. The van der Waals surface area contributed by atoms with Crippen molar-refractivity contribution in [2.24, 2.45) is 17.8 Å². The highest BCUT2D eigenvalue weighted by molar-refractivity contribution is 6.26. The van der Waals surface area contributed by atoms with Crippen LogP contribution in [0.15, 0.2) is 24.3 Å². The molecular weight excluding hydrogens is 304 g/mol. The number of halogens is 1. The summed E-state index contributed by atoms with van der Waals surface area (Å²) >= 11 is 5.31. The largest absolute Gasteiger partial charge is 0.407 e. The quantitative estimate of drug-likeness (QED) is 0.420. The minimum atomic E-state index is -0.902. The third-order valence-corrected chi connectivity index (χ3v) is 4.77. The predicted molar refractivity (Wildman–Crippen MR) is 85.1 cm³/mol. The van der Waals surface area contributed by atoms with Crippen LogP contribution in [0.5, 0.6) is 0 Å². The lowest BCUT2D eigenvalue weighted by atomic mass is 9.75. The molecule has 22 heavy (non-hydrogen) atoms. The Bertz CT molecular complexity index is 380. The van der Waals surface area contributed by atoms with Gasteiger partial charge in [-0.25, -0.2) is 4.79 Å². The molecule has 0 amide bonds. The summed E-state index contributed by atoms with van der Waals surface area (Å²) < 4.78 is 16.0. The van der Waals surface area contributed by atoms with E-state index in [-0.39, 0.29) is 0 Å². The molecule has 0 aromatic heterocycles. The molecule has 1 saturated carbocycles. The Morgan fingerprint density at radius 3 is 2.45 bits per heavy atom. The average Bonchev–Trinajstić information content (AvgIpc) is 2.54. The Kier molecular flexibility index (Phi) is 7.43. The summed E-state index contributed by atoms with van der Waals surface area (Å²) in [5, 5.41) is 0. The molecule has 2 fully saturated rings. The van der Waals surface area contributed by atoms with Gasteiger partial charge in [0.05, 0.1) is 13.2 Å². The predicted octanol–water partition coefficient (Wildman–Crippen LogP) is 4.00. The number of carbonyl (C=O) groups is 1. The molecule has 0 N–H and O–H groups in total. The van der Waals surface area contributed by atoms with Gasteiger partial charge in [0.1, 0.15) is 0 Å². The SMILES string of the molecule is C=CCCC1CCC(C2COC(OC(=O)/C=C/Cl)OC2)CC1. The van der Waals surface area contributed by atoms with E-state index >= 15 is 0 Å². The third kappa shape index (κ3) is 5.41. The normalized spacial score (nSPS) is 32.8. The van der Waals surface area contributed by atoms with Gasteiger partial charge in [0.15, 0.2) is 0 Å². The minimum Gasteiger partial charge on any atom is -0.407 e. The maximum absolute atomic E-state index is 11.3. The van der Waals surface area contributed by atoms with Gasteiger partial charge in [-0.05, 0) is 37.5 Å². The number of allylic oxidation sites excluding steroid dienone is 1. The topological polar surface area (TPSA) is 44.8 Å². The van der Waals surface area contributed by atoms with Crippen LogP contribution in [0, 0.1) is 17.8 Å². The van der Waals surface area contributed by atoms with E-state index in [2.05, 4.69) is 6.58 Å². The van der Waals surface area contributed by atoms with Crippen molar-refractivity contribution in [3.63, 3.8) is 0 Å². The monoisotopic (exact) mass is 328 g/mol. The van der Waals surface area contributed by atoms with E-state index in [0.29, 0.717) is 25.0 Å². The first-order valence-electron chi connectivity index (χ1n) is 8.04. The van der Waals surface area contributed by atoms with Crippen LogP contribution < -0.4 is 0 Å². The first-order valence-corrected chi connectivity index (χ1v) is 8.48. The molecule has 0 radical (unpaired) electrons. The van der Waals surface area contributed by atoms with Crippen LogP contribution in [-0.2, 0) is 19.0 Å². The second-order valence-electron chi connectivity index (χ2n) is 6.09. The van der Waals surface area contributed by atoms with Gasteiger partial charge in [-0.3, -0.25) is 0 Å². The fourth-order valence-electron chi connectivity index (χ4n) is 3.33. The highest BCUT2D eigenvalue weighted by Gasteiger charge is 2.32. The molecule has 0 aromatic rings. The van der Waals surface area contributed by atoms with Crippen LogP contribution in [-0.4, -0.2) is 25.7 Å². The molecule has 5 heteroatoms. The number of carbonyl (C=O) groups excluding carboxylic acids is 1. The van der Waals surface area contributed by atoms with E-state index < -0.39 is 12.4 Å². The summed E-state index contributed by atoms with van der Waals surface area (Å²) in [6.45, 7) is 4.07. The molecule has 4 nitrogen and oxygen atoms in total. The minimum absolute atomic E-state index is 0.402. The Balaban J connectivity index is 1.67. The number of hydrogen-bond donors (Lipinski definition) is 0. The molecular formula is C17H25ClO4. The second kappa shape index (κ2) is 9.33. The zero-order valence-corrected chi connectivity index (χ0v) is 13.7. The molecule has 1 aliphatic heterocycles. The second-order valence-corrected chi connectivity index (χ2v) is 6.34. The lowest BCUT2D eigenvalue weighted by Crippen LogP contribution is -2.39. The van der Waals surface area contributed by atoms with Crippen LogP contribution in [0.4, 0.5) is 0 Å². The van der Waals surface area contributed by atoms with E-state index in [0.717, 1.165) is 23.9 Å². The van der Waals surface area contributed by atoms with Gasteiger partial charge in [-0.15, -0.1) is 6.58 Å². The molecule has 0 aromatic carbocycles. The van der Waals surface area contributed by atoms with Gasteiger partial charge in [-0.1, -0.05) is 30.5 Å². The third-order valence-electron chi connectivity index (χ3n) is 4.64. The first kappa shape index (κ1) is 17.5. The molecule has 0 bridgehead atoms. The summed E-state index contributed by atoms with van der Waals surface area (Å²) in [6.07, 6.45) is 10.6. The van der Waals surface area contributed by atoms with E-state index in [1.165, 1.54) is 32.1 Å². The zero-order chi connectivity index (χ0) is 15.8. The van der Waals surface area contributed by atoms with Crippen LogP contribution in [0.2, 0.25) is 0 Å². The maximum atomic E-state index is 11.3. The van der Waals surface area contributed by atoms with Crippen LogP contribution in [0.1, 0.15) is 38.5 Å². The lowest BCUT2D eigenvalue weighted by molar-refractivity contribution is -0.311. The highest BCUT2D eigenvalue weighted by Crippen LogP contribution is 2.37. The summed E-state index contributed by atoms with van der Waals surface area (Å²) in [5.41, 5.74) is 1.11. The molecule has 2 rings (SSSR count). The Hall–Kier alpha value is -0.840. The van der Waals surface area contributed by atoms with Crippen LogP contribution in [0.25, 0.3) is 0 Å². The smallest absolute Gasteiger partial charge is 0.335 e. The molecule has 1 heterocycles. The van der Waals surface area contributed by atoms with Gasteiger partial charge in [0, 0.05) is 17.5 Å². The molecule has 0 unspecified atom stereocenters. The zero-order valence-electron chi connectivity index (χ0n) is 12.9. The number of ether oxygens (including phenoxy) is 3. The van der Waals surface area contributed by atoms with Crippen molar-refractivity contribution in [2.75, 3.05) is 13.2 Å². The Morgan fingerprint density at radius 2 is 1.86 bits per heavy atom. The van der Waals surface area contributed by atoms with Crippen molar-refractivity contribution in [1.29, 1.82) is 0 Å². The van der Waals surface area contributed by atoms with Gasteiger partial charge < -0.3 is 14.2 Å². The van der Waals surface area contributed by atoms with Gasteiger partial charge in [0.2, 0.25) is 0 Å². The maximum Gasteiger partial charge on any atom is 0.335 e. The molecule has 2 aliphatic rings. The highest BCUT2D eigenvalue weighted by atomic mass is 35.5. The molecule has 0 spiro atoms. The molecule has 0 atom stereocenters. The Morgan fingerprint density at radius 1 is 1.18 bits per heavy atom. The number of esters is 1. The molecule has 1 aliphatic carbocycles. The van der Waals surface area contributed by atoms with E-state index in [4.69, 9.17) is 25.8 Å². The standard InChI is InChI=1S/C17H25ClO4/c1-2-3-4-13-5-7-14(8-6-13)15-11-20-17(21-12-15)22-16(19)9-10-18/h2,9-10,13-15,17H,1,3-8,11-12H2/b10-9+. The van der Waals surface area contributed by atoms with Crippen molar-refractivity contribution in [1.82, 2.24) is 0 Å². The summed E-state index contributed by atoms with van der Waals surface area (Å²) in [7, 11) is 0. The van der Waals surface area contributed by atoms with Gasteiger partial charge in [-0.2, -0.15) is 0 Å². The first-order chi connectivity index (χ1) is 10.7. The van der Waals surface area contributed by atoms with Gasteiger partial charge >= 0.3 is 12.4 Å².